The summed E-state index contributed by atoms with van der Waals surface area (Å²) in [7, 11) is 4.44. The molecule has 0 saturated carbocycles. The third-order valence-corrected chi connectivity index (χ3v) is 5.04. The van der Waals surface area contributed by atoms with E-state index in [-0.39, 0.29) is 23.3 Å². The summed E-state index contributed by atoms with van der Waals surface area (Å²) >= 11 is 0. The lowest BCUT2D eigenvalue weighted by molar-refractivity contribution is -0.141. The fraction of sp³-hybridized carbons (Fsp3) is 0.217. The molecule has 0 aliphatic heterocycles. The highest BCUT2D eigenvalue weighted by Gasteiger charge is 2.32. The number of amidine groups is 1. The van der Waals surface area contributed by atoms with Crippen LogP contribution in [0.5, 0.6) is 5.75 Å². The van der Waals surface area contributed by atoms with E-state index in [1.54, 1.807) is 31.2 Å². The molecule has 0 spiro atoms. The van der Waals surface area contributed by atoms with Gasteiger partial charge in [0.1, 0.15) is 17.3 Å². The monoisotopic (exact) mass is 532 g/mol. The molecule has 15 heteroatoms. The summed E-state index contributed by atoms with van der Waals surface area (Å²) in [5.74, 6) is 6.36. The molecule has 12 nitrogen and oxygen atoms in total. The van der Waals surface area contributed by atoms with Crippen molar-refractivity contribution in [2.24, 2.45) is 16.7 Å². The van der Waals surface area contributed by atoms with Crippen molar-refractivity contribution in [1.29, 1.82) is 0 Å². The van der Waals surface area contributed by atoms with Gasteiger partial charge in [0.15, 0.2) is 17.4 Å². The van der Waals surface area contributed by atoms with Gasteiger partial charge in [-0.1, -0.05) is 12.1 Å². The highest BCUT2D eigenvalue weighted by atomic mass is 19.4. The van der Waals surface area contributed by atoms with E-state index in [4.69, 9.17) is 16.3 Å². The van der Waals surface area contributed by atoms with Crippen LogP contribution in [0.4, 0.5) is 42.0 Å². The number of hydrogen-bond donors (Lipinski definition) is 5. The van der Waals surface area contributed by atoms with E-state index in [1.807, 2.05) is 0 Å². The summed E-state index contributed by atoms with van der Waals surface area (Å²) in [6, 6.07) is 10.2. The number of anilines is 5. The minimum Gasteiger partial charge on any atom is -0.494 e. The number of amides is 1. The number of nitrogens with zero attached hydrogens (tertiary/aromatic N) is 5. The standard InChI is InChI=1S/C23H27F3N10O2/c1-13-16(29-15-8-5-7-14(20(15)38-4)21(27)33-36(3)28)11-19(32-22(13)34-35(2)12-37)31-18-10-6-9-17(30-18)23(24,25)26/h5-12H,28H2,1-4H3,(H2,27,33)(H3,29,30,31,32,34). The molecule has 38 heavy (non-hydrogen) atoms. The Hall–Kier alpha value is -4.79. The van der Waals surface area contributed by atoms with Crippen molar-refractivity contribution < 1.29 is 22.7 Å². The van der Waals surface area contributed by atoms with Crippen molar-refractivity contribution in [2.45, 2.75) is 13.1 Å². The first-order chi connectivity index (χ1) is 17.9. The summed E-state index contributed by atoms with van der Waals surface area (Å²) in [6.45, 7) is 1.73. The fourth-order valence-electron chi connectivity index (χ4n) is 3.32. The number of hydrogen-bond acceptors (Lipinski definition) is 10. The maximum Gasteiger partial charge on any atom is 0.433 e. The number of hydrazone groups is 1. The molecule has 7 N–H and O–H groups in total. The van der Waals surface area contributed by atoms with Crippen molar-refractivity contribution in [3.8, 4) is 5.75 Å². The number of aromatic nitrogens is 2. The van der Waals surface area contributed by atoms with E-state index in [9.17, 15) is 18.0 Å². The SMILES string of the molecule is COc1c(Nc2cc(Nc3cccc(C(F)(F)F)n3)nc(NN(C)C=O)c2C)cccc1/C(N)=N/N(C)N. The molecule has 0 saturated heterocycles. The first-order valence-corrected chi connectivity index (χ1v) is 11.0. The van der Waals surface area contributed by atoms with Crippen LogP contribution in [0.2, 0.25) is 0 Å². The Morgan fingerprint density at radius 2 is 1.79 bits per heavy atom. The van der Waals surface area contributed by atoms with Gasteiger partial charge in [0.25, 0.3) is 0 Å². The molecule has 3 rings (SSSR count). The van der Waals surface area contributed by atoms with Gasteiger partial charge in [0, 0.05) is 31.4 Å². The summed E-state index contributed by atoms with van der Waals surface area (Å²) in [5, 5.41) is 12.2. The number of ether oxygens (including phenoxy) is 1. The molecule has 0 aliphatic carbocycles. The van der Waals surface area contributed by atoms with Crippen molar-refractivity contribution in [3.63, 3.8) is 0 Å². The predicted molar refractivity (Wildman–Crippen MR) is 138 cm³/mol. The first kappa shape index (κ1) is 27.8. The minimum atomic E-state index is -4.62. The van der Waals surface area contributed by atoms with Gasteiger partial charge in [0.2, 0.25) is 6.41 Å². The van der Waals surface area contributed by atoms with Crippen molar-refractivity contribution in [2.75, 3.05) is 37.3 Å². The van der Waals surface area contributed by atoms with Crippen LogP contribution in [0.3, 0.4) is 0 Å². The molecule has 0 bridgehead atoms. The number of hydrazine groups is 2. The van der Waals surface area contributed by atoms with E-state index in [2.05, 4.69) is 31.1 Å². The number of carbonyl (C=O) groups is 1. The van der Waals surface area contributed by atoms with Crippen molar-refractivity contribution in [1.82, 2.24) is 20.1 Å². The maximum absolute atomic E-state index is 13.1. The summed E-state index contributed by atoms with van der Waals surface area (Å²) < 4.78 is 45.0. The summed E-state index contributed by atoms with van der Waals surface area (Å²) in [4.78, 5) is 19.2. The van der Waals surface area contributed by atoms with Gasteiger partial charge in [-0.25, -0.2) is 20.9 Å². The van der Waals surface area contributed by atoms with Gasteiger partial charge < -0.3 is 21.1 Å². The third-order valence-electron chi connectivity index (χ3n) is 5.04. The minimum absolute atomic E-state index is 0.0775. The average Bonchev–Trinajstić information content (AvgIpc) is 2.85. The lowest BCUT2D eigenvalue weighted by Gasteiger charge is -2.21. The molecule has 2 heterocycles. The van der Waals surface area contributed by atoms with Crippen LogP contribution < -0.4 is 32.4 Å². The van der Waals surface area contributed by atoms with E-state index >= 15 is 0 Å². The van der Waals surface area contributed by atoms with E-state index in [1.165, 1.54) is 33.3 Å². The highest BCUT2D eigenvalue weighted by molar-refractivity contribution is 6.01. The van der Waals surface area contributed by atoms with Gasteiger partial charge in [-0.05, 0) is 31.2 Å². The number of alkyl halides is 3. The van der Waals surface area contributed by atoms with Crippen LogP contribution >= 0.6 is 0 Å². The zero-order valence-corrected chi connectivity index (χ0v) is 21.0. The van der Waals surface area contributed by atoms with Gasteiger partial charge in [-0.15, -0.1) is 5.10 Å². The lowest BCUT2D eigenvalue weighted by atomic mass is 10.1. The van der Waals surface area contributed by atoms with Crippen LogP contribution in [-0.2, 0) is 11.0 Å². The summed E-state index contributed by atoms with van der Waals surface area (Å²) in [6.07, 6.45) is -4.08. The fourth-order valence-corrected chi connectivity index (χ4v) is 3.32. The second kappa shape index (κ2) is 11.5. The summed E-state index contributed by atoms with van der Waals surface area (Å²) in [5.41, 5.74) is 9.85. The Bertz CT molecular complexity index is 1330. The molecular weight excluding hydrogens is 505 g/mol. The Balaban J connectivity index is 2.07. The van der Waals surface area contributed by atoms with Crippen LogP contribution in [0.1, 0.15) is 16.8 Å². The number of nitrogens with one attached hydrogen (secondary N) is 3. The number of para-hydroxylation sites is 1. The van der Waals surface area contributed by atoms with Crippen LogP contribution in [0.25, 0.3) is 0 Å². The molecular formula is C23H27F3N10O2. The van der Waals surface area contributed by atoms with E-state index < -0.39 is 11.9 Å². The number of pyridine rings is 2. The average molecular weight is 533 g/mol. The Morgan fingerprint density at radius 3 is 2.42 bits per heavy atom. The lowest BCUT2D eigenvalue weighted by Crippen LogP contribution is -2.26. The van der Waals surface area contributed by atoms with Crippen molar-refractivity contribution >= 4 is 41.1 Å². The normalized spacial score (nSPS) is 11.5. The van der Waals surface area contributed by atoms with E-state index in [0.29, 0.717) is 34.7 Å². The zero-order valence-electron chi connectivity index (χ0n) is 21.0. The molecule has 0 atom stereocenters. The molecule has 2 aromatic heterocycles. The topological polar surface area (TPSA) is 159 Å². The Kier molecular flexibility index (Phi) is 8.42. The number of carbonyl (C=O) groups excluding carboxylic acids is 1. The zero-order chi connectivity index (χ0) is 28.0. The molecule has 0 aliphatic rings. The predicted octanol–water partition coefficient (Wildman–Crippen LogP) is 3.14. The smallest absolute Gasteiger partial charge is 0.433 e. The second-order valence-electron chi connectivity index (χ2n) is 7.96. The number of rotatable bonds is 10. The highest BCUT2D eigenvalue weighted by Crippen LogP contribution is 2.35. The van der Waals surface area contributed by atoms with Crippen LogP contribution in [-0.4, -0.2) is 53.5 Å². The Labute approximate surface area is 216 Å². The van der Waals surface area contributed by atoms with Crippen LogP contribution in [0, 0.1) is 6.92 Å². The van der Waals surface area contributed by atoms with Gasteiger partial charge in [-0.2, -0.15) is 13.2 Å². The van der Waals surface area contributed by atoms with E-state index in [0.717, 1.165) is 16.2 Å². The van der Waals surface area contributed by atoms with Crippen LogP contribution in [0.15, 0.2) is 47.6 Å². The quantitative estimate of drug-likeness (QED) is 0.0863. The number of nitrogens with two attached hydrogens (primary N) is 2. The van der Waals surface area contributed by atoms with Gasteiger partial charge >= 0.3 is 6.18 Å². The van der Waals surface area contributed by atoms with Gasteiger partial charge in [0.05, 0.1) is 18.4 Å². The number of benzene rings is 1. The molecule has 0 unspecified atom stereocenters. The van der Waals surface area contributed by atoms with Crippen molar-refractivity contribution in [3.05, 3.63) is 59.3 Å². The molecule has 0 radical (unpaired) electrons. The molecule has 202 valence electrons. The molecule has 1 amide bonds. The number of methoxy groups -OCH3 is 1. The number of halogens is 3. The third kappa shape index (κ3) is 6.70. The maximum atomic E-state index is 13.1. The molecule has 1 aromatic carbocycles. The molecule has 0 fully saturated rings. The largest absolute Gasteiger partial charge is 0.494 e. The molecule has 3 aromatic rings. The Morgan fingerprint density at radius 1 is 1.08 bits per heavy atom. The second-order valence-corrected chi connectivity index (χ2v) is 7.96. The van der Waals surface area contributed by atoms with Gasteiger partial charge in [-0.3, -0.25) is 15.2 Å². The first-order valence-electron chi connectivity index (χ1n) is 11.0.